The Morgan fingerprint density at radius 1 is 1.59 bits per heavy atom. The van der Waals surface area contributed by atoms with Crippen LogP contribution in [0.15, 0.2) is 12.1 Å². The summed E-state index contributed by atoms with van der Waals surface area (Å²) in [4.78, 5) is 17.1. The lowest BCUT2D eigenvalue weighted by Gasteiger charge is -2.18. The lowest BCUT2D eigenvalue weighted by atomic mass is 10.3. The topological polar surface area (TPSA) is 71.2 Å². The zero-order chi connectivity index (χ0) is 12.8. The second-order valence-electron chi connectivity index (χ2n) is 3.64. The summed E-state index contributed by atoms with van der Waals surface area (Å²) in [6.45, 7) is 3.38. The maximum Gasteiger partial charge on any atom is 0.231 e. The predicted molar refractivity (Wildman–Crippen MR) is 68.9 cm³/mol. The molecule has 0 bridgehead atoms. The number of anilines is 1. The number of hydrogen-bond donors (Lipinski definition) is 2. The first kappa shape index (κ1) is 13.7. The van der Waals surface area contributed by atoms with Crippen LogP contribution in [0.1, 0.15) is 12.6 Å². The van der Waals surface area contributed by atoms with Gasteiger partial charge in [0.2, 0.25) is 5.91 Å². The number of likely N-dealkylation sites (N-methyl/N-ethyl adjacent to an activating group) is 1. The molecule has 1 rings (SSSR count). The Bertz CT molecular complexity index is 397. The van der Waals surface area contributed by atoms with Crippen LogP contribution in [-0.2, 0) is 11.3 Å². The monoisotopic (exact) mass is 256 g/mol. The van der Waals surface area contributed by atoms with Crippen LogP contribution >= 0.6 is 11.6 Å². The van der Waals surface area contributed by atoms with E-state index in [1.54, 1.807) is 19.2 Å². The maximum atomic E-state index is 10.9. The van der Waals surface area contributed by atoms with Gasteiger partial charge in [0.1, 0.15) is 5.82 Å². The van der Waals surface area contributed by atoms with Crippen LogP contribution in [0, 0.1) is 0 Å². The lowest BCUT2D eigenvalue weighted by molar-refractivity contribution is -0.119. The van der Waals surface area contributed by atoms with Crippen molar-refractivity contribution >= 4 is 23.3 Å². The number of primary amides is 1. The first-order valence-corrected chi connectivity index (χ1v) is 5.78. The SMILES string of the molecule is CCN(CC(N)=O)Cc1nc(NC)ccc1Cl. The van der Waals surface area contributed by atoms with E-state index in [0.717, 1.165) is 11.5 Å². The molecule has 0 unspecified atom stereocenters. The van der Waals surface area contributed by atoms with E-state index in [2.05, 4.69) is 10.3 Å². The van der Waals surface area contributed by atoms with Crippen molar-refractivity contribution in [2.24, 2.45) is 5.73 Å². The Kier molecular flexibility index (Phi) is 5.18. The molecular weight excluding hydrogens is 240 g/mol. The van der Waals surface area contributed by atoms with E-state index in [-0.39, 0.29) is 12.5 Å². The molecule has 0 aliphatic rings. The molecule has 1 aromatic heterocycles. The molecule has 1 aromatic rings. The molecule has 3 N–H and O–H groups in total. The molecule has 0 saturated heterocycles. The van der Waals surface area contributed by atoms with Gasteiger partial charge in [-0.3, -0.25) is 9.69 Å². The molecule has 0 saturated carbocycles. The van der Waals surface area contributed by atoms with Crippen molar-refractivity contribution in [1.29, 1.82) is 0 Å². The van der Waals surface area contributed by atoms with E-state index < -0.39 is 0 Å². The highest BCUT2D eigenvalue weighted by Gasteiger charge is 2.11. The molecule has 0 fully saturated rings. The molecule has 0 atom stereocenters. The summed E-state index contributed by atoms with van der Waals surface area (Å²) in [7, 11) is 1.79. The normalized spacial score (nSPS) is 10.6. The van der Waals surface area contributed by atoms with Gasteiger partial charge in [0.05, 0.1) is 17.3 Å². The molecule has 17 heavy (non-hydrogen) atoms. The van der Waals surface area contributed by atoms with Gasteiger partial charge in [-0.1, -0.05) is 18.5 Å². The highest BCUT2D eigenvalue weighted by molar-refractivity contribution is 6.31. The third kappa shape index (κ3) is 4.20. The molecule has 0 aliphatic heterocycles. The number of rotatable bonds is 6. The molecule has 1 heterocycles. The van der Waals surface area contributed by atoms with E-state index in [4.69, 9.17) is 17.3 Å². The minimum Gasteiger partial charge on any atom is -0.373 e. The Hall–Kier alpha value is -1.33. The third-order valence-electron chi connectivity index (χ3n) is 2.37. The van der Waals surface area contributed by atoms with Crippen LogP contribution < -0.4 is 11.1 Å². The molecule has 6 heteroatoms. The van der Waals surface area contributed by atoms with Crippen LogP contribution in [0.2, 0.25) is 5.02 Å². The number of amides is 1. The Morgan fingerprint density at radius 3 is 2.82 bits per heavy atom. The second kappa shape index (κ2) is 6.42. The van der Waals surface area contributed by atoms with Gasteiger partial charge in [0.25, 0.3) is 0 Å². The largest absolute Gasteiger partial charge is 0.373 e. The number of aromatic nitrogens is 1. The van der Waals surface area contributed by atoms with E-state index in [1.165, 1.54) is 0 Å². The molecule has 0 aliphatic carbocycles. The van der Waals surface area contributed by atoms with Gasteiger partial charge in [-0.25, -0.2) is 4.98 Å². The highest BCUT2D eigenvalue weighted by atomic mass is 35.5. The summed E-state index contributed by atoms with van der Waals surface area (Å²) >= 11 is 6.06. The quantitative estimate of drug-likeness (QED) is 0.799. The first-order chi connectivity index (χ1) is 8.06. The van der Waals surface area contributed by atoms with E-state index in [9.17, 15) is 4.79 Å². The molecule has 0 aromatic carbocycles. The summed E-state index contributed by atoms with van der Waals surface area (Å²) in [6.07, 6.45) is 0. The highest BCUT2D eigenvalue weighted by Crippen LogP contribution is 2.18. The molecular formula is C11H17ClN4O. The van der Waals surface area contributed by atoms with Crippen LogP contribution in [0.3, 0.4) is 0 Å². The zero-order valence-electron chi connectivity index (χ0n) is 10.0. The predicted octanol–water partition coefficient (Wildman–Crippen LogP) is 1.08. The summed E-state index contributed by atoms with van der Waals surface area (Å²) in [5.41, 5.74) is 5.91. The Balaban J connectivity index is 2.80. The van der Waals surface area contributed by atoms with Gasteiger partial charge in [-0.2, -0.15) is 0 Å². The second-order valence-corrected chi connectivity index (χ2v) is 4.05. The number of halogens is 1. The van der Waals surface area contributed by atoms with Gasteiger partial charge in [0, 0.05) is 13.6 Å². The van der Waals surface area contributed by atoms with Crippen LogP contribution in [0.25, 0.3) is 0 Å². The van der Waals surface area contributed by atoms with E-state index in [0.29, 0.717) is 18.1 Å². The number of nitrogens with zero attached hydrogens (tertiary/aromatic N) is 2. The van der Waals surface area contributed by atoms with Crippen molar-refractivity contribution in [2.45, 2.75) is 13.5 Å². The fourth-order valence-electron chi connectivity index (χ4n) is 1.45. The van der Waals surface area contributed by atoms with Gasteiger partial charge >= 0.3 is 0 Å². The van der Waals surface area contributed by atoms with Gasteiger partial charge in [-0.15, -0.1) is 0 Å². The Labute approximate surface area is 106 Å². The molecule has 94 valence electrons. The average Bonchev–Trinajstić information content (AvgIpc) is 2.30. The van der Waals surface area contributed by atoms with Crippen molar-refractivity contribution in [3.8, 4) is 0 Å². The van der Waals surface area contributed by atoms with Crippen LogP contribution in [0.5, 0.6) is 0 Å². The lowest BCUT2D eigenvalue weighted by Crippen LogP contribution is -2.33. The Morgan fingerprint density at radius 2 is 2.29 bits per heavy atom. The summed E-state index contributed by atoms with van der Waals surface area (Å²) < 4.78 is 0. The smallest absolute Gasteiger partial charge is 0.231 e. The minimum atomic E-state index is -0.354. The molecule has 1 amide bonds. The van der Waals surface area contributed by atoms with Crippen LogP contribution in [-0.4, -0.2) is 35.9 Å². The van der Waals surface area contributed by atoms with Crippen molar-refractivity contribution in [2.75, 3.05) is 25.5 Å². The summed E-state index contributed by atoms with van der Waals surface area (Å²) in [5.74, 6) is 0.396. The van der Waals surface area contributed by atoms with Gasteiger partial charge in [-0.05, 0) is 18.7 Å². The average molecular weight is 257 g/mol. The number of nitrogens with one attached hydrogen (secondary N) is 1. The number of carbonyl (C=O) groups excluding carboxylic acids is 1. The van der Waals surface area contributed by atoms with Gasteiger partial charge < -0.3 is 11.1 Å². The fraction of sp³-hybridized carbons (Fsp3) is 0.455. The molecule has 0 spiro atoms. The number of hydrogen-bond acceptors (Lipinski definition) is 4. The van der Waals surface area contributed by atoms with Crippen molar-refractivity contribution in [3.63, 3.8) is 0 Å². The standard InChI is InChI=1S/C11H17ClN4O/c1-3-16(7-10(13)17)6-9-8(12)4-5-11(14-2)15-9/h4-5H,3,6-7H2,1-2H3,(H2,13,17)(H,14,15). The number of nitrogens with two attached hydrogens (primary N) is 1. The van der Waals surface area contributed by atoms with Gasteiger partial charge in [0.15, 0.2) is 0 Å². The minimum absolute atomic E-state index is 0.207. The number of carbonyl (C=O) groups is 1. The summed E-state index contributed by atoms with van der Waals surface area (Å²) in [5, 5.41) is 3.54. The maximum absolute atomic E-state index is 10.9. The van der Waals surface area contributed by atoms with Crippen molar-refractivity contribution in [1.82, 2.24) is 9.88 Å². The first-order valence-electron chi connectivity index (χ1n) is 5.40. The molecule has 0 radical (unpaired) electrons. The van der Waals surface area contributed by atoms with E-state index in [1.807, 2.05) is 11.8 Å². The summed E-state index contributed by atoms with van der Waals surface area (Å²) in [6, 6.07) is 3.59. The zero-order valence-corrected chi connectivity index (χ0v) is 10.8. The van der Waals surface area contributed by atoms with E-state index >= 15 is 0 Å². The van der Waals surface area contributed by atoms with Crippen LogP contribution in [0.4, 0.5) is 5.82 Å². The fourth-order valence-corrected chi connectivity index (χ4v) is 1.61. The number of pyridine rings is 1. The molecule has 5 nitrogen and oxygen atoms in total. The van der Waals surface area contributed by atoms with Crippen molar-refractivity contribution < 1.29 is 4.79 Å². The van der Waals surface area contributed by atoms with Crippen molar-refractivity contribution in [3.05, 3.63) is 22.8 Å². The third-order valence-corrected chi connectivity index (χ3v) is 2.72.